The Balaban J connectivity index is 1.49. The predicted molar refractivity (Wildman–Crippen MR) is 122 cm³/mol. The summed E-state index contributed by atoms with van der Waals surface area (Å²) in [5.41, 5.74) is 4.56. The smallest absolute Gasteiger partial charge is 0.260 e. The van der Waals surface area contributed by atoms with Gasteiger partial charge >= 0.3 is 0 Å². The zero-order valence-corrected chi connectivity index (χ0v) is 17.9. The van der Waals surface area contributed by atoms with Crippen LogP contribution in [-0.2, 0) is 10.0 Å². The molecule has 0 spiro atoms. The van der Waals surface area contributed by atoms with Crippen molar-refractivity contribution in [2.24, 2.45) is 0 Å². The topological polar surface area (TPSA) is 102 Å². The average molecular weight is 438 g/mol. The lowest BCUT2D eigenvalue weighted by Gasteiger charge is -2.23. The summed E-state index contributed by atoms with van der Waals surface area (Å²) < 4.78 is 25.3. The highest BCUT2D eigenvalue weighted by Gasteiger charge is 2.22. The number of H-pyrrole nitrogens is 2. The second-order valence-corrected chi connectivity index (χ2v) is 9.84. The molecule has 1 saturated heterocycles. The minimum Gasteiger partial charge on any atom is -0.370 e. The molecule has 0 atom stereocenters. The molecule has 9 heteroatoms. The molecule has 160 valence electrons. The lowest BCUT2D eigenvalue weighted by atomic mass is 10.1. The van der Waals surface area contributed by atoms with Gasteiger partial charge in [0.25, 0.3) is 5.56 Å². The molecule has 0 amide bonds. The molecule has 31 heavy (non-hydrogen) atoms. The lowest BCUT2D eigenvalue weighted by Crippen LogP contribution is -2.34. The van der Waals surface area contributed by atoms with Crippen LogP contribution in [0.25, 0.3) is 33.7 Å². The fraction of sp³-hybridized carbons (Fsp3) is 0.273. The molecule has 0 unspecified atom stereocenters. The van der Waals surface area contributed by atoms with Gasteiger partial charge in [0.15, 0.2) is 0 Å². The van der Waals surface area contributed by atoms with Gasteiger partial charge in [-0.25, -0.2) is 17.7 Å². The Kier molecular flexibility index (Phi) is 4.79. The Morgan fingerprint density at radius 2 is 1.81 bits per heavy atom. The lowest BCUT2D eigenvalue weighted by molar-refractivity contribution is 0.437. The van der Waals surface area contributed by atoms with Crippen LogP contribution in [-0.4, -0.2) is 60.1 Å². The first-order chi connectivity index (χ1) is 14.9. The molecule has 2 aliphatic heterocycles. The van der Waals surface area contributed by atoms with Gasteiger partial charge in [-0.2, -0.15) is 0 Å². The number of hydrogen-bond acceptors (Lipinski definition) is 5. The van der Waals surface area contributed by atoms with Crippen LogP contribution in [0.3, 0.4) is 0 Å². The summed E-state index contributed by atoms with van der Waals surface area (Å²) in [4.78, 5) is 25.7. The summed E-state index contributed by atoms with van der Waals surface area (Å²) in [6.07, 6.45) is 2.03. The second kappa shape index (κ2) is 7.51. The minimum absolute atomic E-state index is 0.172. The number of anilines is 1. The van der Waals surface area contributed by atoms with E-state index in [4.69, 9.17) is 4.98 Å². The van der Waals surface area contributed by atoms with E-state index in [1.54, 1.807) is 0 Å². The van der Waals surface area contributed by atoms with E-state index < -0.39 is 10.0 Å². The van der Waals surface area contributed by atoms with Crippen molar-refractivity contribution in [1.82, 2.24) is 19.3 Å². The maximum absolute atomic E-state index is 12.6. The van der Waals surface area contributed by atoms with E-state index in [1.807, 2.05) is 48.5 Å². The Morgan fingerprint density at radius 1 is 0.968 bits per heavy atom. The zero-order chi connectivity index (χ0) is 21.6. The van der Waals surface area contributed by atoms with Crippen molar-refractivity contribution < 1.29 is 8.42 Å². The third-order valence-corrected chi connectivity index (χ3v) is 7.08. The van der Waals surface area contributed by atoms with Crippen molar-refractivity contribution in [3.05, 3.63) is 58.9 Å². The largest absolute Gasteiger partial charge is 0.370 e. The number of hydrogen-bond donors (Lipinski definition) is 2. The second-order valence-electron chi connectivity index (χ2n) is 7.86. The Labute approximate surface area is 179 Å². The summed E-state index contributed by atoms with van der Waals surface area (Å²) in [5.74, 6) is 0.536. The average Bonchev–Trinajstić information content (AvgIpc) is 3.03. The monoisotopic (exact) mass is 437 g/mol. The van der Waals surface area contributed by atoms with E-state index in [0.29, 0.717) is 31.0 Å². The molecule has 1 aromatic carbocycles. The number of aromatic nitrogens is 3. The number of nitrogens with one attached hydrogen (secondary N) is 2. The quantitative estimate of drug-likeness (QED) is 0.513. The number of nitrogens with zero attached hydrogens (tertiary/aromatic N) is 3. The van der Waals surface area contributed by atoms with E-state index >= 15 is 0 Å². The molecule has 0 saturated carbocycles. The van der Waals surface area contributed by atoms with Crippen LogP contribution in [0.15, 0.2) is 53.3 Å². The number of imidazole rings is 1. The van der Waals surface area contributed by atoms with Crippen LogP contribution in [0.4, 0.5) is 5.69 Å². The molecule has 5 rings (SSSR count). The maximum Gasteiger partial charge on any atom is 0.260 e. The van der Waals surface area contributed by atoms with Gasteiger partial charge in [0.2, 0.25) is 10.0 Å². The molecule has 0 radical (unpaired) electrons. The number of fused-ring (bicyclic) bond motifs is 2. The summed E-state index contributed by atoms with van der Waals surface area (Å²) in [6, 6.07) is 15.4. The Morgan fingerprint density at radius 3 is 2.65 bits per heavy atom. The molecule has 3 heterocycles. The maximum atomic E-state index is 12.6. The third kappa shape index (κ3) is 3.70. The van der Waals surface area contributed by atoms with Crippen molar-refractivity contribution in [3.63, 3.8) is 0 Å². The predicted octanol–water partition coefficient (Wildman–Crippen LogP) is 2.49. The summed E-state index contributed by atoms with van der Waals surface area (Å²) in [5, 5.41) is 0. The third-order valence-electron chi connectivity index (χ3n) is 5.78. The van der Waals surface area contributed by atoms with E-state index in [1.165, 1.54) is 10.6 Å². The molecule has 3 aliphatic rings. The molecule has 1 aromatic heterocycles. The van der Waals surface area contributed by atoms with Crippen molar-refractivity contribution in [1.29, 1.82) is 0 Å². The first-order valence-electron chi connectivity index (χ1n) is 10.2. The molecular formula is C22H23N5O3S. The fourth-order valence-electron chi connectivity index (χ4n) is 4.21. The Hall–Kier alpha value is -3.17. The van der Waals surface area contributed by atoms with Gasteiger partial charge in [-0.15, -0.1) is 0 Å². The van der Waals surface area contributed by atoms with Crippen molar-refractivity contribution in [2.75, 3.05) is 37.3 Å². The highest BCUT2D eigenvalue weighted by molar-refractivity contribution is 7.88. The molecule has 2 aromatic rings. The van der Waals surface area contributed by atoms with Crippen LogP contribution in [0, 0.1) is 0 Å². The fourth-order valence-corrected chi connectivity index (χ4v) is 5.08. The van der Waals surface area contributed by atoms with Gasteiger partial charge in [-0.05, 0) is 30.7 Å². The van der Waals surface area contributed by atoms with Crippen LogP contribution in [0.2, 0.25) is 0 Å². The van der Waals surface area contributed by atoms with Crippen LogP contribution < -0.4 is 10.5 Å². The molecule has 0 bridgehead atoms. The van der Waals surface area contributed by atoms with Gasteiger partial charge in [0, 0.05) is 43.1 Å². The normalized spacial score (nSPS) is 16.1. The van der Waals surface area contributed by atoms with Gasteiger partial charge in [0.05, 0.1) is 22.9 Å². The van der Waals surface area contributed by atoms with Gasteiger partial charge in [-0.3, -0.25) is 4.79 Å². The number of aromatic amines is 2. The molecule has 2 N–H and O–H groups in total. The summed E-state index contributed by atoms with van der Waals surface area (Å²) in [6.45, 7) is 2.40. The van der Waals surface area contributed by atoms with Gasteiger partial charge in [0.1, 0.15) is 5.82 Å². The van der Waals surface area contributed by atoms with E-state index in [-0.39, 0.29) is 5.56 Å². The van der Waals surface area contributed by atoms with Crippen LogP contribution in [0.1, 0.15) is 6.42 Å². The minimum atomic E-state index is -3.18. The highest BCUT2D eigenvalue weighted by atomic mass is 32.2. The summed E-state index contributed by atoms with van der Waals surface area (Å²) in [7, 11) is -3.18. The Bertz CT molecular complexity index is 1390. The molecular weight excluding hydrogens is 414 g/mol. The van der Waals surface area contributed by atoms with Crippen LogP contribution in [0.5, 0.6) is 0 Å². The first-order valence-corrected chi connectivity index (χ1v) is 12.1. The first kappa shape index (κ1) is 19.8. The number of benzene rings is 1. The molecule has 1 fully saturated rings. The number of sulfonamides is 1. The summed E-state index contributed by atoms with van der Waals surface area (Å²) >= 11 is 0. The SMILES string of the molecule is CS(=O)(=O)N1CCCN(c2ccc3[nH]c(-c4c5cccccc-5[nH]c4=O)nc3c2)CC1. The van der Waals surface area contributed by atoms with E-state index in [9.17, 15) is 13.2 Å². The van der Waals surface area contributed by atoms with Crippen LogP contribution >= 0.6 is 0 Å². The van der Waals surface area contributed by atoms with Gasteiger partial charge in [-0.1, -0.05) is 24.3 Å². The van der Waals surface area contributed by atoms with Crippen molar-refractivity contribution >= 4 is 26.7 Å². The van der Waals surface area contributed by atoms with Crippen molar-refractivity contribution in [3.8, 4) is 22.6 Å². The van der Waals surface area contributed by atoms with E-state index in [0.717, 1.165) is 40.9 Å². The van der Waals surface area contributed by atoms with Gasteiger partial charge < -0.3 is 14.9 Å². The number of rotatable bonds is 3. The highest BCUT2D eigenvalue weighted by Crippen LogP contribution is 2.30. The zero-order valence-electron chi connectivity index (χ0n) is 17.1. The van der Waals surface area contributed by atoms with E-state index in [2.05, 4.69) is 14.9 Å². The van der Waals surface area contributed by atoms with Crippen molar-refractivity contribution in [2.45, 2.75) is 6.42 Å². The standard InChI is InChI=1S/C22H23N5O3S/c1-31(29,30)27-11-5-10-26(12-13-27)15-8-9-18-19(14-15)24-21(23-18)20-16-6-3-2-4-7-17(16)25-22(20)28/h2-4,6-9,14H,5,10-13H2,1H3,(H,23,24)(H,25,28). The molecule has 1 aliphatic carbocycles. The molecule has 8 nitrogen and oxygen atoms in total.